The van der Waals surface area contributed by atoms with Gasteiger partial charge in [-0.05, 0) is 0 Å². The Kier molecular flexibility index (Phi) is 14.2. The van der Waals surface area contributed by atoms with Crippen LogP contribution in [0.5, 0.6) is 0 Å². The van der Waals surface area contributed by atoms with Gasteiger partial charge in [0, 0.05) is 0 Å². The molecule has 0 spiro atoms. The molecule has 2 aromatic carbocycles. The molecule has 1 aliphatic heterocycles. The molecule has 40 heavy (non-hydrogen) atoms. The van der Waals surface area contributed by atoms with Gasteiger partial charge in [0.05, 0.1) is 0 Å². The van der Waals surface area contributed by atoms with Crippen LogP contribution < -0.4 is 0 Å². The molecule has 1 aliphatic rings. The molecule has 1 fully saturated rings. The van der Waals surface area contributed by atoms with E-state index in [2.05, 4.69) is 62.1 Å². The van der Waals surface area contributed by atoms with E-state index in [1.54, 1.807) is 27.1 Å². The SMILES string of the molecule is CCC[CH2][Sn]([CH2]CCC)([CH2]CCC)/[C](=C\CN(C)S(=O)(=O)c1ccccc1)CN1CCC(c2ccccc2)CC1. The van der Waals surface area contributed by atoms with Crippen molar-refractivity contribution in [3.63, 3.8) is 0 Å². The molecule has 0 unspecified atom stereocenters. The van der Waals surface area contributed by atoms with E-state index in [0.717, 1.165) is 19.6 Å². The van der Waals surface area contributed by atoms with Gasteiger partial charge in [-0.15, -0.1) is 0 Å². The molecular formula is C34H54N2O2SSn. The van der Waals surface area contributed by atoms with E-state index >= 15 is 0 Å². The maximum absolute atomic E-state index is 13.4. The van der Waals surface area contributed by atoms with Crippen LogP contribution in [0.4, 0.5) is 0 Å². The summed E-state index contributed by atoms with van der Waals surface area (Å²) < 4.78 is 34.2. The Morgan fingerprint density at radius 1 is 0.850 bits per heavy atom. The maximum atomic E-state index is 13.4. The van der Waals surface area contributed by atoms with Crippen molar-refractivity contribution in [2.75, 3.05) is 33.2 Å². The van der Waals surface area contributed by atoms with E-state index in [-0.39, 0.29) is 0 Å². The Balaban J connectivity index is 1.88. The van der Waals surface area contributed by atoms with Crippen molar-refractivity contribution in [1.82, 2.24) is 9.21 Å². The first-order valence-electron chi connectivity index (χ1n) is 15.8. The zero-order valence-electron chi connectivity index (χ0n) is 25.7. The van der Waals surface area contributed by atoms with E-state index in [4.69, 9.17) is 0 Å². The molecule has 3 rings (SSSR count). The summed E-state index contributed by atoms with van der Waals surface area (Å²) in [6.07, 6.45) is 12.5. The van der Waals surface area contributed by atoms with Crippen LogP contribution in [-0.4, -0.2) is 69.2 Å². The van der Waals surface area contributed by atoms with E-state index in [1.165, 1.54) is 70.2 Å². The van der Waals surface area contributed by atoms with Crippen molar-refractivity contribution < 1.29 is 8.42 Å². The van der Waals surface area contributed by atoms with Crippen LogP contribution >= 0.6 is 0 Å². The van der Waals surface area contributed by atoms with Gasteiger partial charge in [-0.25, -0.2) is 0 Å². The monoisotopic (exact) mass is 674 g/mol. The van der Waals surface area contributed by atoms with Crippen LogP contribution in [0.25, 0.3) is 0 Å². The molecule has 0 amide bonds. The summed E-state index contributed by atoms with van der Waals surface area (Å²) >= 11 is -2.74. The zero-order valence-corrected chi connectivity index (χ0v) is 29.3. The van der Waals surface area contributed by atoms with Crippen LogP contribution in [-0.2, 0) is 10.0 Å². The summed E-state index contributed by atoms with van der Waals surface area (Å²) in [5.41, 5.74) is 1.48. The normalized spacial score (nSPS) is 16.1. The van der Waals surface area contributed by atoms with Crippen LogP contribution in [0.2, 0.25) is 13.3 Å². The predicted molar refractivity (Wildman–Crippen MR) is 174 cm³/mol. The van der Waals surface area contributed by atoms with Crippen LogP contribution in [0.3, 0.4) is 0 Å². The Morgan fingerprint density at radius 3 is 1.85 bits per heavy atom. The van der Waals surface area contributed by atoms with Crippen LogP contribution in [0.15, 0.2) is 75.2 Å². The molecule has 0 atom stereocenters. The van der Waals surface area contributed by atoms with E-state index in [0.29, 0.717) is 17.4 Å². The molecule has 0 radical (unpaired) electrons. The Morgan fingerprint density at radius 2 is 1.35 bits per heavy atom. The summed E-state index contributed by atoms with van der Waals surface area (Å²) in [5, 5.41) is 0. The van der Waals surface area contributed by atoms with Crippen LogP contribution in [0, 0.1) is 0 Å². The summed E-state index contributed by atoms with van der Waals surface area (Å²) in [4.78, 5) is 3.08. The van der Waals surface area contributed by atoms with Gasteiger partial charge < -0.3 is 0 Å². The van der Waals surface area contributed by atoms with Crippen molar-refractivity contribution in [1.29, 1.82) is 0 Å². The number of likely N-dealkylation sites (tertiary alicyclic amines) is 1. The fraction of sp³-hybridized carbons (Fsp3) is 0.588. The van der Waals surface area contributed by atoms with Gasteiger partial charge in [-0.3, -0.25) is 0 Å². The number of sulfonamides is 1. The Bertz CT molecular complexity index is 1090. The molecule has 0 N–H and O–H groups in total. The molecule has 1 saturated heterocycles. The second-order valence-electron chi connectivity index (χ2n) is 11.9. The molecule has 4 nitrogen and oxygen atoms in total. The van der Waals surface area contributed by atoms with Gasteiger partial charge in [0.1, 0.15) is 0 Å². The molecule has 0 saturated carbocycles. The van der Waals surface area contributed by atoms with Crippen molar-refractivity contribution in [2.45, 2.75) is 96.3 Å². The Hall–Kier alpha value is -1.15. The molecular weight excluding hydrogens is 619 g/mol. The fourth-order valence-corrected chi connectivity index (χ4v) is 24.3. The number of piperidine rings is 1. The van der Waals surface area contributed by atoms with E-state index in [9.17, 15) is 8.42 Å². The first-order valence-corrected chi connectivity index (χ1v) is 24.8. The molecule has 0 aromatic heterocycles. The number of rotatable bonds is 17. The van der Waals surface area contributed by atoms with Gasteiger partial charge in [0.25, 0.3) is 0 Å². The third-order valence-corrected chi connectivity index (χ3v) is 27.0. The average molecular weight is 674 g/mol. The van der Waals surface area contributed by atoms with Gasteiger partial charge in [-0.1, -0.05) is 0 Å². The molecule has 0 bridgehead atoms. The number of nitrogens with zero attached hydrogens (tertiary/aromatic N) is 2. The van der Waals surface area contributed by atoms with Gasteiger partial charge >= 0.3 is 251 Å². The van der Waals surface area contributed by atoms with Crippen molar-refractivity contribution in [3.05, 3.63) is 75.9 Å². The topological polar surface area (TPSA) is 40.6 Å². The summed E-state index contributed by atoms with van der Waals surface area (Å²) in [6, 6.07) is 19.9. The first kappa shape index (κ1) is 33.4. The number of likely N-dealkylation sites (N-methyl/N-ethyl adjacent to an activating group) is 1. The summed E-state index contributed by atoms with van der Waals surface area (Å²) in [5.74, 6) is 0.653. The van der Waals surface area contributed by atoms with Gasteiger partial charge in [0.2, 0.25) is 0 Å². The second-order valence-corrected chi connectivity index (χ2v) is 27.3. The number of hydrogen-bond acceptors (Lipinski definition) is 3. The molecule has 2 aromatic rings. The van der Waals surface area contributed by atoms with Gasteiger partial charge in [0.15, 0.2) is 0 Å². The van der Waals surface area contributed by atoms with Crippen molar-refractivity contribution in [2.24, 2.45) is 0 Å². The van der Waals surface area contributed by atoms with Crippen molar-refractivity contribution in [3.8, 4) is 0 Å². The zero-order chi connectivity index (χ0) is 28.8. The molecule has 6 heteroatoms. The standard InChI is InChI=1S/C22H27N2O2S.3C4H9.Sn/c1-23(27(25,26)22-12-6-3-7-13-22)16-8-9-17-24-18-14-21(15-19-24)20-10-4-2-5-11-20;3*1-3-4-2;/h2-8,10-13,21H,14-19H2,1H3;3*1,3-4H2,2H3;. The second kappa shape index (κ2) is 17.1. The molecule has 222 valence electrons. The van der Waals surface area contributed by atoms with Crippen LogP contribution in [0.1, 0.15) is 83.6 Å². The number of hydrogen-bond donors (Lipinski definition) is 0. The van der Waals surface area contributed by atoms with Crippen molar-refractivity contribution >= 4 is 28.4 Å². The minimum atomic E-state index is -3.50. The fourth-order valence-electron chi connectivity index (χ4n) is 6.35. The first-order chi connectivity index (χ1) is 19.4. The molecule has 0 aliphatic carbocycles. The quantitative estimate of drug-likeness (QED) is 0.158. The molecule has 1 heterocycles. The average Bonchev–Trinajstić information content (AvgIpc) is 3.00. The summed E-state index contributed by atoms with van der Waals surface area (Å²) in [7, 11) is -1.75. The number of unbranched alkanes of at least 4 members (excludes halogenated alkanes) is 3. The predicted octanol–water partition coefficient (Wildman–Crippen LogP) is 8.50. The summed E-state index contributed by atoms with van der Waals surface area (Å²) in [6.45, 7) is 10.8. The van der Waals surface area contributed by atoms with E-state index in [1.807, 2.05) is 18.2 Å². The third kappa shape index (κ3) is 9.43. The minimum absolute atomic E-state index is 0.383. The number of benzene rings is 2. The van der Waals surface area contributed by atoms with E-state index < -0.39 is 28.4 Å². The van der Waals surface area contributed by atoms with Gasteiger partial charge in [-0.2, -0.15) is 0 Å². The third-order valence-electron chi connectivity index (χ3n) is 9.01. The Labute approximate surface area is 250 Å².